The fraction of sp³-hybridized carbons (Fsp3) is 0.0667. The maximum absolute atomic E-state index is 13.7. The maximum atomic E-state index is 13.7. The fourth-order valence-corrected chi connectivity index (χ4v) is 2.19. The number of anilines is 1. The number of rotatable bonds is 4. The quantitative estimate of drug-likeness (QED) is 0.769. The molecular weight excluding hydrogens is 291 g/mol. The van der Waals surface area contributed by atoms with Gasteiger partial charge in [0.15, 0.2) is 0 Å². The molecule has 0 bridgehead atoms. The summed E-state index contributed by atoms with van der Waals surface area (Å²) < 4.78 is 13.7. The molecule has 1 heterocycles. The Labute approximate surface area is 126 Å². The average molecular weight is 303 g/mol. The van der Waals surface area contributed by atoms with E-state index >= 15 is 0 Å². The third-order valence-corrected chi connectivity index (χ3v) is 3.28. The Balaban J connectivity index is 1.81. The number of hydrogen-bond donors (Lipinski definition) is 2. The minimum atomic E-state index is -0.357. The van der Waals surface area contributed by atoms with Gasteiger partial charge in [-0.15, -0.1) is 0 Å². The molecular formula is C15H12ClFN4. The van der Waals surface area contributed by atoms with E-state index < -0.39 is 0 Å². The van der Waals surface area contributed by atoms with Crippen LogP contribution in [0, 0.1) is 5.82 Å². The van der Waals surface area contributed by atoms with Gasteiger partial charge in [0, 0.05) is 10.6 Å². The number of halogens is 2. The number of H-pyrrole nitrogens is 1. The van der Waals surface area contributed by atoms with Crippen LogP contribution in [0.15, 0.2) is 48.5 Å². The van der Waals surface area contributed by atoms with E-state index in [1.54, 1.807) is 6.07 Å². The first-order chi connectivity index (χ1) is 10.2. The van der Waals surface area contributed by atoms with Crippen molar-refractivity contribution < 1.29 is 4.39 Å². The van der Waals surface area contributed by atoms with E-state index in [-0.39, 0.29) is 5.82 Å². The summed E-state index contributed by atoms with van der Waals surface area (Å²) in [6.07, 6.45) is 0. The van der Waals surface area contributed by atoms with E-state index in [0.29, 0.717) is 22.9 Å². The summed E-state index contributed by atoms with van der Waals surface area (Å²) in [5.74, 6) is -0.357. The van der Waals surface area contributed by atoms with E-state index in [1.807, 2.05) is 30.3 Å². The SMILES string of the molecule is Fc1ccc(Cl)cc1NCc1n[nH]nc1-c1ccccc1. The van der Waals surface area contributed by atoms with Crippen molar-refractivity contribution in [1.82, 2.24) is 15.4 Å². The van der Waals surface area contributed by atoms with Crippen LogP contribution in [0.25, 0.3) is 11.3 Å². The number of aromatic nitrogens is 3. The zero-order chi connectivity index (χ0) is 14.7. The van der Waals surface area contributed by atoms with Gasteiger partial charge in [-0.2, -0.15) is 15.4 Å². The predicted molar refractivity (Wildman–Crippen MR) is 80.6 cm³/mol. The summed E-state index contributed by atoms with van der Waals surface area (Å²) in [5, 5.41) is 14.3. The van der Waals surface area contributed by atoms with E-state index in [2.05, 4.69) is 20.7 Å². The molecule has 2 N–H and O–H groups in total. The molecule has 0 aliphatic carbocycles. The highest BCUT2D eigenvalue weighted by Crippen LogP contribution is 2.22. The molecule has 106 valence electrons. The van der Waals surface area contributed by atoms with Crippen LogP contribution in [0.2, 0.25) is 5.02 Å². The molecule has 0 spiro atoms. The normalized spacial score (nSPS) is 10.6. The van der Waals surface area contributed by atoms with Crippen LogP contribution in [-0.4, -0.2) is 15.4 Å². The lowest BCUT2D eigenvalue weighted by Crippen LogP contribution is -2.03. The molecule has 1 aromatic heterocycles. The van der Waals surface area contributed by atoms with Gasteiger partial charge in [-0.1, -0.05) is 41.9 Å². The molecule has 3 rings (SSSR count). The minimum Gasteiger partial charge on any atom is -0.377 e. The Morgan fingerprint density at radius 3 is 2.71 bits per heavy atom. The molecule has 0 fully saturated rings. The number of nitrogens with one attached hydrogen (secondary N) is 2. The van der Waals surface area contributed by atoms with Crippen molar-refractivity contribution in [2.45, 2.75) is 6.54 Å². The van der Waals surface area contributed by atoms with Crippen molar-refractivity contribution in [2.75, 3.05) is 5.32 Å². The summed E-state index contributed by atoms with van der Waals surface area (Å²) in [6, 6.07) is 14.1. The van der Waals surface area contributed by atoms with Gasteiger partial charge in [0.05, 0.1) is 12.2 Å². The fourth-order valence-electron chi connectivity index (χ4n) is 2.02. The summed E-state index contributed by atoms with van der Waals surface area (Å²) in [4.78, 5) is 0. The van der Waals surface area contributed by atoms with Crippen molar-refractivity contribution in [2.24, 2.45) is 0 Å². The third-order valence-electron chi connectivity index (χ3n) is 3.04. The molecule has 0 aliphatic heterocycles. The number of hydrogen-bond acceptors (Lipinski definition) is 3. The molecule has 2 aromatic carbocycles. The number of aromatic amines is 1. The molecule has 0 amide bonds. The smallest absolute Gasteiger partial charge is 0.146 e. The highest BCUT2D eigenvalue weighted by Gasteiger charge is 2.11. The molecule has 3 aromatic rings. The summed E-state index contributed by atoms with van der Waals surface area (Å²) in [7, 11) is 0. The van der Waals surface area contributed by atoms with Crippen LogP contribution < -0.4 is 5.32 Å². The molecule has 4 nitrogen and oxygen atoms in total. The molecule has 0 saturated heterocycles. The van der Waals surface area contributed by atoms with Gasteiger partial charge in [-0.05, 0) is 18.2 Å². The van der Waals surface area contributed by atoms with E-state index in [1.165, 1.54) is 12.1 Å². The van der Waals surface area contributed by atoms with Crippen LogP contribution in [-0.2, 0) is 6.54 Å². The van der Waals surface area contributed by atoms with Gasteiger partial charge in [0.1, 0.15) is 17.2 Å². The van der Waals surface area contributed by atoms with E-state index in [9.17, 15) is 4.39 Å². The monoisotopic (exact) mass is 302 g/mol. The van der Waals surface area contributed by atoms with Crippen molar-refractivity contribution in [3.8, 4) is 11.3 Å². The number of benzene rings is 2. The number of nitrogens with zero attached hydrogens (tertiary/aromatic N) is 2. The largest absolute Gasteiger partial charge is 0.377 e. The maximum Gasteiger partial charge on any atom is 0.146 e. The summed E-state index contributed by atoms with van der Waals surface area (Å²) in [5.41, 5.74) is 2.74. The molecule has 21 heavy (non-hydrogen) atoms. The first-order valence-corrected chi connectivity index (χ1v) is 6.76. The van der Waals surface area contributed by atoms with Crippen molar-refractivity contribution in [3.05, 3.63) is 65.1 Å². The first kappa shape index (κ1) is 13.6. The third kappa shape index (κ3) is 3.03. The van der Waals surface area contributed by atoms with Gasteiger partial charge in [0.25, 0.3) is 0 Å². The van der Waals surface area contributed by atoms with Gasteiger partial charge in [-0.3, -0.25) is 0 Å². The van der Waals surface area contributed by atoms with Gasteiger partial charge in [-0.25, -0.2) is 4.39 Å². The van der Waals surface area contributed by atoms with Gasteiger partial charge in [0.2, 0.25) is 0 Å². The van der Waals surface area contributed by atoms with Crippen LogP contribution in [0.5, 0.6) is 0 Å². The van der Waals surface area contributed by atoms with Crippen molar-refractivity contribution >= 4 is 17.3 Å². The highest BCUT2D eigenvalue weighted by atomic mass is 35.5. The Hall–Kier alpha value is -2.40. The lowest BCUT2D eigenvalue weighted by atomic mass is 10.1. The molecule has 6 heteroatoms. The zero-order valence-electron chi connectivity index (χ0n) is 11.0. The van der Waals surface area contributed by atoms with Gasteiger partial charge >= 0.3 is 0 Å². The van der Waals surface area contributed by atoms with Crippen molar-refractivity contribution in [3.63, 3.8) is 0 Å². The molecule has 0 unspecified atom stereocenters. The predicted octanol–water partition coefficient (Wildman–Crippen LogP) is 3.88. The Morgan fingerprint density at radius 1 is 1.10 bits per heavy atom. The summed E-state index contributed by atoms with van der Waals surface area (Å²) >= 11 is 5.86. The Kier molecular flexibility index (Phi) is 3.83. The lowest BCUT2D eigenvalue weighted by molar-refractivity contribution is 0.630. The van der Waals surface area contributed by atoms with Crippen LogP contribution >= 0.6 is 11.6 Å². The molecule has 0 atom stereocenters. The second kappa shape index (κ2) is 5.93. The first-order valence-electron chi connectivity index (χ1n) is 6.38. The van der Waals surface area contributed by atoms with Gasteiger partial charge < -0.3 is 5.32 Å². The highest BCUT2D eigenvalue weighted by molar-refractivity contribution is 6.30. The van der Waals surface area contributed by atoms with Crippen LogP contribution in [0.3, 0.4) is 0 Å². The Bertz CT molecular complexity index is 742. The van der Waals surface area contributed by atoms with Crippen molar-refractivity contribution in [1.29, 1.82) is 0 Å². The minimum absolute atomic E-state index is 0.338. The standard InChI is InChI=1S/C15H12ClFN4/c16-11-6-7-12(17)13(8-11)18-9-14-15(20-21-19-14)10-4-2-1-3-5-10/h1-8,18H,9H2,(H,19,20,21). The lowest BCUT2D eigenvalue weighted by Gasteiger charge is -2.07. The summed E-state index contributed by atoms with van der Waals surface area (Å²) in [6.45, 7) is 0.345. The van der Waals surface area contributed by atoms with E-state index in [4.69, 9.17) is 11.6 Å². The van der Waals surface area contributed by atoms with E-state index in [0.717, 1.165) is 11.3 Å². The zero-order valence-corrected chi connectivity index (χ0v) is 11.7. The molecule has 0 aliphatic rings. The molecule has 0 radical (unpaired) electrons. The average Bonchev–Trinajstić information content (AvgIpc) is 2.97. The molecule has 0 saturated carbocycles. The topological polar surface area (TPSA) is 53.6 Å². The second-order valence-electron chi connectivity index (χ2n) is 4.46. The van der Waals surface area contributed by atoms with Crippen LogP contribution in [0.1, 0.15) is 5.69 Å². The second-order valence-corrected chi connectivity index (χ2v) is 4.90. The van der Waals surface area contributed by atoms with Crippen LogP contribution in [0.4, 0.5) is 10.1 Å². The Morgan fingerprint density at radius 2 is 1.90 bits per heavy atom.